The average molecular weight is 245 g/mol. The van der Waals surface area contributed by atoms with E-state index in [-0.39, 0.29) is 5.82 Å². The van der Waals surface area contributed by atoms with Gasteiger partial charge in [0.1, 0.15) is 5.82 Å². The second-order valence-electron chi connectivity index (χ2n) is 4.89. The topological polar surface area (TPSA) is 21.1 Å². The second kappa shape index (κ2) is 4.12. The van der Waals surface area contributed by atoms with Crippen molar-refractivity contribution < 1.29 is 4.39 Å². The molecule has 0 spiro atoms. The van der Waals surface area contributed by atoms with Crippen LogP contribution in [0.3, 0.4) is 0 Å². The molecular weight excluding hydrogens is 229 g/mol. The molecule has 0 N–H and O–H groups in total. The Balaban J connectivity index is 2.12. The minimum atomic E-state index is -0.171. The van der Waals surface area contributed by atoms with Crippen molar-refractivity contribution in [2.45, 2.75) is 12.8 Å². The molecule has 0 saturated carbocycles. The summed E-state index contributed by atoms with van der Waals surface area (Å²) in [4.78, 5) is 2.12. The Morgan fingerprint density at radius 2 is 2.11 bits per heavy atom. The number of aromatic nitrogens is 2. The Hall–Kier alpha value is -1.84. The lowest BCUT2D eigenvalue weighted by molar-refractivity contribution is 0.626. The van der Waals surface area contributed by atoms with Crippen molar-refractivity contribution in [1.29, 1.82) is 0 Å². The van der Waals surface area contributed by atoms with Gasteiger partial charge in [-0.1, -0.05) is 0 Å². The standard InChI is InChI=1S/C14H16FN3/c1-17-5-3-4-10-6-12(13(15)7-14(10)17)11-8-16-18(2)9-11/h6-9H,3-5H2,1-2H3. The third-order valence-corrected chi connectivity index (χ3v) is 3.54. The first-order chi connectivity index (χ1) is 8.65. The molecule has 3 nitrogen and oxygen atoms in total. The number of rotatable bonds is 1. The molecule has 0 saturated heterocycles. The molecule has 2 heterocycles. The van der Waals surface area contributed by atoms with Gasteiger partial charge in [-0.05, 0) is 30.5 Å². The predicted octanol–water partition coefficient (Wildman–Crippen LogP) is 2.61. The van der Waals surface area contributed by atoms with Gasteiger partial charge < -0.3 is 4.90 Å². The number of benzene rings is 1. The van der Waals surface area contributed by atoms with Crippen molar-refractivity contribution in [3.63, 3.8) is 0 Å². The molecule has 18 heavy (non-hydrogen) atoms. The lowest BCUT2D eigenvalue weighted by atomic mass is 9.97. The molecule has 0 radical (unpaired) electrons. The monoisotopic (exact) mass is 245 g/mol. The van der Waals surface area contributed by atoms with Crippen molar-refractivity contribution in [3.05, 3.63) is 35.9 Å². The van der Waals surface area contributed by atoms with Crippen molar-refractivity contribution in [1.82, 2.24) is 9.78 Å². The Kier molecular flexibility index (Phi) is 2.58. The summed E-state index contributed by atoms with van der Waals surface area (Å²) in [6, 6.07) is 3.62. The van der Waals surface area contributed by atoms with Gasteiger partial charge in [0.05, 0.1) is 6.20 Å². The second-order valence-corrected chi connectivity index (χ2v) is 4.89. The molecule has 0 amide bonds. The van der Waals surface area contributed by atoms with Crippen molar-refractivity contribution in [2.24, 2.45) is 7.05 Å². The van der Waals surface area contributed by atoms with E-state index in [4.69, 9.17) is 0 Å². The molecule has 4 heteroatoms. The number of fused-ring (bicyclic) bond motifs is 1. The van der Waals surface area contributed by atoms with Crippen molar-refractivity contribution in [3.8, 4) is 11.1 Å². The van der Waals surface area contributed by atoms with Crippen LogP contribution in [0.1, 0.15) is 12.0 Å². The lowest BCUT2D eigenvalue weighted by Crippen LogP contribution is -2.24. The van der Waals surface area contributed by atoms with Crippen LogP contribution in [0.25, 0.3) is 11.1 Å². The van der Waals surface area contributed by atoms with Gasteiger partial charge in [0.15, 0.2) is 0 Å². The summed E-state index contributed by atoms with van der Waals surface area (Å²) in [6.07, 6.45) is 5.70. The first-order valence-electron chi connectivity index (χ1n) is 6.18. The highest BCUT2D eigenvalue weighted by atomic mass is 19.1. The fraction of sp³-hybridized carbons (Fsp3) is 0.357. The van der Waals surface area contributed by atoms with E-state index in [1.807, 2.05) is 26.4 Å². The maximum Gasteiger partial charge on any atom is 0.133 e. The SMILES string of the molecule is CN1CCCc2cc(-c3cnn(C)c3)c(F)cc21. The van der Waals surface area contributed by atoms with Crippen molar-refractivity contribution >= 4 is 5.69 Å². The van der Waals surface area contributed by atoms with Crippen molar-refractivity contribution in [2.75, 3.05) is 18.5 Å². The van der Waals surface area contributed by atoms with E-state index in [9.17, 15) is 4.39 Å². The first kappa shape index (κ1) is 11.3. The maximum absolute atomic E-state index is 14.2. The van der Waals surface area contributed by atoms with Crippen LogP contribution in [0.15, 0.2) is 24.5 Å². The summed E-state index contributed by atoms with van der Waals surface area (Å²) in [6.45, 7) is 0.999. The predicted molar refractivity (Wildman–Crippen MR) is 70.2 cm³/mol. The Morgan fingerprint density at radius 3 is 2.83 bits per heavy atom. The highest BCUT2D eigenvalue weighted by Crippen LogP contribution is 2.33. The first-order valence-corrected chi connectivity index (χ1v) is 6.18. The number of hydrogen-bond acceptors (Lipinski definition) is 2. The molecule has 1 aliphatic rings. The summed E-state index contributed by atoms with van der Waals surface area (Å²) >= 11 is 0. The molecular formula is C14H16FN3. The highest BCUT2D eigenvalue weighted by Gasteiger charge is 2.18. The van der Waals surface area contributed by atoms with Gasteiger partial charge in [0.25, 0.3) is 0 Å². The molecule has 1 aromatic carbocycles. The Labute approximate surface area is 106 Å². The summed E-state index contributed by atoms with van der Waals surface area (Å²) in [7, 11) is 3.86. The summed E-state index contributed by atoms with van der Waals surface area (Å²) in [5.74, 6) is -0.171. The van der Waals surface area contributed by atoms with Gasteiger partial charge in [-0.25, -0.2) is 4.39 Å². The van der Waals surface area contributed by atoms with Crippen LogP contribution in [0.4, 0.5) is 10.1 Å². The van der Waals surface area contributed by atoms with Gasteiger partial charge in [-0.2, -0.15) is 5.10 Å². The molecule has 0 fully saturated rings. The summed E-state index contributed by atoms with van der Waals surface area (Å²) in [5.41, 5.74) is 3.73. The number of halogens is 1. The van der Waals surface area contributed by atoms with E-state index >= 15 is 0 Å². The van der Waals surface area contributed by atoms with E-state index in [1.165, 1.54) is 5.56 Å². The Morgan fingerprint density at radius 1 is 1.28 bits per heavy atom. The van der Waals surface area contributed by atoms with Gasteiger partial charge in [0.2, 0.25) is 0 Å². The number of aryl methyl sites for hydroxylation is 2. The lowest BCUT2D eigenvalue weighted by Gasteiger charge is -2.28. The fourth-order valence-electron chi connectivity index (χ4n) is 2.57. The zero-order valence-electron chi connectivity index (χ0n) is 10.7. The molecule has 0 atom stereocenters. The minimum Gasteiger partial charge on any atom is -0.374 e. The molecule has 3 rings (SSSR count). The third-order valence-electron chi connectivity index (χ3n) is 3.54. The van der Waals surface area contributed by atoms with E-state index in [0.717, 1.165) is 30.6 Å². The number of anilines is 1. The van der Waals surface area contributed by atoms with E-state index in [0.29, 0.717) is 5.56 Å². The van der Waals surface area contributed by atoms with Crippen LogP contribution < -0.4 is 4.90 Å². The quantitative estimate of drug-likeness (QED) is 0.770. The van der Waals surface area contributed by atoms with Gasteiger partial charge in [-0.15, -0.1) is 0 Å². The van der Waals surface area contributed by atoms with Crippen LogP contribution in [0.2, 0.25) is 0 Å². The van der Waals surface area contributed by atoms with E-state index in [1.54, 1.807) is 16.9 Å². The zero-order valence-corrected chi connectivity index (χ0v) is 10.7. The van der Waals surface area contributed by atoms with Gasteiger partial charge in [0, 0.05) is 43.7 Å². The largest absolute Gasteiger partial charge is 0.374 e. The average Bonchev–Trinajstić information content (AvgIpc) is 2.76. The summed E-state index contributed by atoms with van der Waals surface area (Å²) < 4.78 is 15.9. The zero-order chi connectivity index (χ0) is 12.7. The molecule has 1 aliphatic heterocycles. The summed E-state index contributed by atoms with van der Waals surface area (Å²) in [5, 5.41) is 4.10. The normalized spacial score (nSPS) is 14.7. The number of hydrogen-bond donors (Lipinski definition) is 0. The van der Waals surface area contributed by atoms with Crippen LogP contribution in [-0.2, 0) is 13.5 Å². The third kappa shape index (κ3) is 1.78. The Bertz CT molecular complexity index is 589. The smallest absolute Gasteiger partial charge is 0.133 e. The molecule has 94 valence electrons. The van der Waals surface area contributed by atoms with Crippen LogP contribution in [0.5, 0.6) is 0 Å². The van der Waals surface area contributed by atoms with E-state index in [2.05, 4.69) is 10.00 Å². The van der Waals surface area contributed by atoms with Crippen LogP contribution in [-0.4, -0.2) is 23.4 Å². The molecule has 0 unspecified atom stereocenters. The van der Waals surface area contributed by atoms with Crippen LogP contribution in [0, 0.1) is 5.82 Å². The molecule has 2 aromatic rings. The minimum absolute atomic E-state index is 0.171. The highest BCUT2D eigenvalue weighted by molar-refractivity contribution is 5.69. The maximum atomic E-state index is 14.2. The van der Waals surface area contributed by atoms with E-state index < -0.39 is 0 Å². The molecule has 0 bridgehead atoms. The fourth-order valence-corrected chi connectivity index (χ4v) is 2.57. The van der Waals surface area contributed by atoms with Crippen LogP contribution >= 0.6 is 0 Å². The molecule has 0 aliphatic carbocycles. The number of nitrogens with zero attached hydrogens (tertiary/aromatic N) is 3. The van der Waals surface area contributed by atoms with Gasteiger partial charge >= 0.3 is 0 Å². The molecule has 1 aromatic heterocycles. The van der Waals surface area contributed by atoms with Gasteiger partial charge in [-0.3, -0.25) is 4.68 Å².